The van der Waals surface area contributed by atoms with Gasteiger partial charge in [0.1, 0.15) is 10.4 Å². The van der Waals surface area contributed by atoms with E-state index in [1.807, 2.05) is 18.2 Å². The summed E-state index contributed by atoms with van der Waals surface area (Å²) in [6.45, 7) is 3.51. The molecule has 1 aromatic heterocycles. The Bertz CT molecular complexity index is 911. The van der Waals surface area contributed by atoms with Crippen LogP contribution in [-0.4, -0.2) is 42.2 Å². The summed E-state index contributed by atoms with van der Waals surface area (Å²) >= 11 is 6.36. The van der Waals surface area contributed by atoms with E-state index in [4.69, 9.17) is 12.2 Å². The highest BCUT2D eigenvalue weighted by Gasteiger charge is 2.41. The van der Waals surface area contributed by atoms with Crippen molar-refractivity contribution in [3.63, 3.8) is 0 Å². The summed E-state index contributed by atoms with van der Waals surface area (Å²) in [6.07, 6.45) is 4.92. The highest BCUT2D eigenvalue weighted by molar-refractivity contribution is 8.26. The lowest BCUT2D eigenvalue weighted by Gasteiger charge is -2.26. The number of nitrogens with zero attached hydrogens (tertiary/aromatic N) is 3. The molecule has 1 fully saturated rings. The molecule has 0 spiro atoms. The SMILES string of the molecule is CC(C)[C@@H](C(=O)O)N1C(=O)/C(=C/c2ccc3nccnc3c2)SC1=S. The summed E-state index contributed by atoms with van der Waals surface area (Å²) in [5.41, 5.74) is 2.26. The lowest BCUT2D eigenvalue weighted by Crippen LogP contribution is -2.47. The summed E-state index contributed by atoms with van der Waals surface area (Å²) < 4.78 is 0.262. The van der Waals surface area contributed by atoms with Crippen LogP contribution in [0, 0.1) is 5.92 Å². The standard InChI is InChI=1S/C17H15N3O3S2/c1-9(2)14(16(22)23)20-15(21)13(25-17(20)24)8-10-3-4-11-12(7-10)19-6-5-18-11/h3-9,14H,1-2H3,(H,22,23)/b13-8-/t14-/m0/s1. The molecule has 2 aromatic rings. The minimum Gasteiger partial charge on any atom is -0.480 e. The van der Waals surface area contributed by atoms with Gasteiger partial charge in [-0.15, -0.1) is 0 Å². The molecule has 8 heteroatoms. The van der Waals surface area contributed by atoms with Crippen molar-refractivity contribution in [3.8, 4) is 0 Å². The highest BCUT2D eigenvalue weighted by atomic mass is 32.2. The maximum atomic E-state index is 12.7. The van der Waals surface area contributed by atoms with Gasteiger partial charge in [0.05, 0.1) is 15.9 Å². The van der Waals surface area contributed by atoms with Crippen molar-refractivity contribution in [2.45, 2.75) is 19.9 Å². The molecule has 1 aliphatic rings. The fraction of sp³-hybridized carbons (Fsp3) is 0.235. The Morgan fingerprint density at radius 2 is 1.96 bits per heavy atom. The van der Waals surface area contributed by atoms with Gasteiger partial charge in [0, 0.05) is 12.4 Å². The molecular weight excluding hydrogens is 358 g/mol. The van der Waals surface area contributed by atoms with E-state index in [-0.39, 0.29) is 16.1 Å². The van der Waals surface area contributed by atoms with Crippen LogP contribution in [-0.2, 0) is 9.59 Å². The number of thiocarbonyl (C=S) groups is 1. The van der Waals surface area contributed by atoms with Crippen molar-refractivity contribution in [2.24, 2.45) is 5.92 Å². The molecule has 0 unspecified atom stereocenters. The smallest absolute Gasteiger partial charge is 0.327 e. The van der Waals surface area contributed by atoms with Crippen molar-refractivity contribution in [1.82, 2.24) is 14.9 Å². The molecule has 1 amide bonds. The number of thioether (sulfide) groups is 1. The second kappa shape index (κ2) is 6.89. The molecular formula is C17H15N3O3S2. The number of carbonyl (C=O) groups is 2. The van der Waals surface area contributed by atoms with Crippen LogP contribution >= 0.6 is 24.0 Å². The Kier molecular flexibility index (Phi) is 4.82. The first-order valence-electron chi connectivity index (χ1n) is 7.59. The maximum Gasteiger partial charge on any atom is 0.327 e. The van der Waals surface area contributed by atoms with Crippen LogP contribution < -0.4 is 0 Å². The van der Waals surface area contributed by atoms with E-state index in [0.29, 0.717) is 4.91 Å². The molecule has 1 saturated heterocycles. The van der Waals surface area contributed by atoms with Gasteiger partial charge < -0.3 is 5.11 Å². The highest BCUT2D eigenvalue weighted by Crippen LogP contribution is 2.35. The quantitative estimate of drug-likeness (QED) is 0.651. The van der Waals surface area contributed by atoms with Crippen LogP contribution in [0.5, 0.6) is 0 Å². The first kappa shape index (κ1) is 17.5. The summed E-state index contributed by atoms with van der Waals surface area (Å²) in [4.78, 5) is 34.3. The van der Waals surface area contributed by atoms with Crippen LogP contribution in [0.2, 0.25) is 0 Å². The third-order valence-corrected chi connectivity index (χ3v) is 5.11. The number of aromatic nitrogens is 2. The lowest BCUT2D eigenvalue weighted by molar-refractivity contribution is -0.146. The van der Waals surface area contributed by atoms with Gasteiger partial charge in [-0.3, -0.25) is 19.7 Å². The number of hydrogen-bond acceptors (Lipinski definition) is 6. The summed E-state index contributed by atoms with van der Waals surface area (Å²) in [7, 11) is 0. The first-order valence-corrected chi connectivity index (χ1v) is 8.81. The van der Waals surface area contributed by atoms with Crippen LogP contribution in [0.15, 0.2) is 35.5 Å². The van der Waals surface area contributed by atoms with Gasteiger partial charge in [-0.2, -0.15) is 0 Å². The average Bonchev–Trinajstić information content (AvgIpc) is 2.82. The molecule has 2 heterocycles. The van der Waals surface area contributed by atoms with Crippen LogP contribution in [0.1, 0.15) is 19.4 Å². The monoisotopic (exact) mass is 373 g/mol. The van der Waals surface area contributed by atoms with E-state index < -0.39 is 12.0 Å². The normalized spacial score (nSPS) is 17.7. The molecule has 25 heavy (non-hydrogen) atoms. The zero-order chi connectivity index (χ0) is 18.1. The van der Waals surface area contributed by atoms with E-state index in [2.05, 4.69) is 9.97 Å². The fourth-order valence-electron chi connectivity index (χ4n) is 2.63. The molecule has 1 N–H and O–H groups in total. The zero-order valence-electron chi connectivity index (χ0n) is 13.5. The lowest BCUT2D eigenvalue weighted by atomic mass is 10.0. The van der Waals surface area contributed by atoms with E-state index in [9.17, 15) is 14.7 Å². The largest absolute Gasteiger partial charge is 0.480 e. The number of rotatable bonds is 4. The van der Waals surface area contributed by atoms with Crippen molar-refractivity contribution >= 4 is 57.3 Å². The van der Waals surface area contributed by atoms with Crippen LogP contribution in [0.4, 0.5) is 0 Å². The number of carboxylic acid groups (broad SMARTS) is 1. The number of amides is 1. The maximum absolute atomic E-state index is 12.7. The van der Waals surface area contributed by atoms with Gasteiger partial charge >= 0.3 is 5.97 Å². The molecule has 0 saturated carbocycles. The molecule has 0 radical (unpaired) electrons. The van der Waals surface area contributed by atoms with Gasteiger partial charge in [0.25, 0.3) is 5.91 Å². The Hall–Kier alpha value is -2.32. The molecule has 1 atom stereocenters. The Morgan fingerprint density at radius 1 is 1.28 bits per heavy atom. The number of fused-ring (bicyclic) bond motifs is 1. The zero-order valence-corrected chi connectivity index (χ0v) is 15.2. The van der Waals surface area contributed by atoms with Crippen molar-refractivity contribution in [3.05, 3.63) is 41.1 Å². The van der Waals surface area contributed by atoms with Crippen molar-refractivity contribution in [1.29, 1.82) is 0 Å². The molecule has 1 aromatic carbocycles. The van der Waals surface area contributed by atoms with Gasteiger partial charge in [-0.1, -0.05) is 43.9 Å². The first-order chi connectivity index (χ1) is 11.9. The van der Waals surface area contributed by atoms with Gasteiger partial charge in [-0.25, -0.2) is 4.79 Å². The second-order valence-corrected chi connectivity index (χ2v) is 7.56. The second-order valence-electron chi connectivity index (χ2n) is 5.88. The third-order valence-electron chi connectivity index (χ3n) is 3.78. The van der Waals surface area contributed by atoms with Gasteiger partial charge in [-0.05, 0) is 29.7 Å². The summed E-state index contributed by atoms with van der Waals surface area (Å²) in [5.74, 6) is -1.70. The van der Waals surface area contributed by atoms with E-state index in [1.165, 1.54) is 4.90 Å². The van der Waals surface area contributed by atoms with Gasteiger partial charge in [0.15, 0.2) is 0 Å². The van der Waals surface area contributed by atoms with E-state index >= 15 is 0 Å². The summed E-state index contributed by atoms with van der Waals surface area (Å²) in [5, 5.41) is 9.44. The molecule has 0 bridgehead atoms. The number of carbonyl (C=O) groups excluding carboxylic acids is 1. The van der Waals surface area contributed by atoms with Crippen LogP contribution in [0.3, 0.4) is 0 Å². The number of carboxylic acids is 1. The number of hydrogen-bond donors (Lipinski definition) is 1. The Labute approximate surface area is 154 Å². The minimum absolute atomic E-state index is 0.254. The molecule has 1 aliphatic heterocycles. The Balaban J connectivity index is 1.95. The summed E-state index contributed by atoms with van der Waals surface area (Å²) in [6, 6.07) is 4.51. The number of benzene rings is 1. The van der Waals surface area contributed by atoms with Gasteiger partial charge in [0.2, 0.25) is 0 Å². The molecule has 128 valence electrons. The number of aliphatic carboxylic acids is 1. The molecule has 6 nitrogen and oxygen atoms in total. The van der Waals surface area contributed by atoms with E-state index in [0.717, 1.165) is 28.4 Å². The minimum atomic E-state index is -1.06. The molecule has 0 aliphatic carbocycles. The molecule has 3 rings (SSSR count). The van der Waals surface area contributed by atoms with Crippen LogP contribution in [0.25, 0.3) is 17.1 Å². The average molecular weight is 373 g/mol. The van der Waals surface area contributed by atoms with Crippen molar-refractivity contribution in [2.75, 3.05) is 0 Å². The predicted octanol–water partition coefficient (Wildman–Crippen LogP) is 2.94. The van der Waals surface area contributed by atoms with E-state index in [1.54, 1.807) is 32.3 Å². The predicted molar refractivity (Wildman–Crippen MR) is 101 cm³/mol. The topological polar surface area (TPSA) is 83.4 Å². The fourth-order valence-corrected chi connectivity index (χ4v) is 3.96. The Morgan fingerprint density at radius 3 is 2.60 bits per heavy atom. The third kappa shape index (κ3) is 3.40. The van der Waals surface area contributed by atoms with Crippen molar-refractivity contribution < 1.29 is 14.7 Å².